The summed E-state index contributed by atoms with van der Waals surface area (Å²) in [5, 5.41) is 1.37. The summed E-state index contributed by atoms with van der Waals surface area (Å²) in [5.74, 6) is 0. The topological polar surface area (TPSA) is 0 Å². The van der Waals surface area contributed by atoms with Gasteiger partial charge in [0.15, 0.2) is 0 Å². The van der Waals surface area contributed by atoms with Gasteiger partial charge in [-0.3, -0.25) is 0 Å². The highest BCUT2D eigenvalue weighted by molar-refractivity contribution is 8.03. The Kier molecular flexibility index (Phi) is 2.67. The second-order valence-electron chi connectivity index (χ2n) is 3.34. The van der Waals surface area contributed by atoms with Crippen LogP contribution in [0, 0.1) is 30.9 Å². The van der Waals surface area contributed by atoms with Gasteiger partial charge in [-0.05, 0) is 25.7 Å². The lowest BCUT2D eigenvalue weighted by molar-refractivity contribution is 0.804. The summed E-state index contributed by atoms with van der Waals surface area (Å²) in [6, 6.07) is 0. The fourth-order valence-electron chi connectivity index (χ4n) is 0.778. The third-order valence-corrected chi connectivity index (χ3v) is 2.18. The molecule has 5 radical (unpaired) electrons. The minimum absolute atomic E-state index is 0.342. The van der Waals surface area contributed by atoms with Crippen LogP contribution in [0.3, 0.4) is 0 Å². The maximum absolute atomic E-state index is 2.23. The van der Waals surface area contributed by atoms with Crippen LogP contribution < -0.4 is 0 Å². The molecule has 10 heavy (non-hydrogen) atoms. The van der Waals surface area contributed by atoms with E-state index in [9.17, 15) is 0 Å². The highest BCUT2D eigenvalue weighted by Gasteiger charge is 2.23. The third kappa shape index (κ3) is 2.96. The van der Waals surface area contributed by atoms with Crippen LogP contribution in [0.1, 0.15) is 20.8 Å². The van der Waals surface area contributed by atoms with Gasteiger partial charge in [-0.25, -0.2) is 0 Å². The molecule has 55 valence electrons. The second-order valence-corrected chi connectivity index (χ2v) is 5.24. The van der Waals surface area contributed by atoms with Gasteiger partial charge in [0.1, 0.15) is 0 Å². The first-order valence-corrected chi connectivity index (χ1v) is 4.30. The lowest BCUT2D eigenvalue weighted by atomic mass is 10.3. The Morgan fingerprint density at radius 2 is 1.60 bits per heavy atom. The van der Waals surface area contributed by atoms with Crippen LogP contribution in [0.5, 0.6) is 0 Å². The minimum Gasteiger partial charge on any atom is -0.147 e. The Hall–Kier alpha value is 0.350. The first-order chi connectivity index (χ1) is 4.58. The third-order valence-electron chi connectivity index (χ3n) is 1.06. The summed E-state index contributed by atoms with van der Waals surface area (Å²) in [6.45, 7) is 6.68. The van der Waals surface area contributed by atoms with E-state index >= 15 is 0 Å². The first-order valence-electron chi connectivity index (χ1n) is 3.49. The van der Waals surface area contributed by atoms with E-state index in [4.69, 9.17) is 0 Å². The molecular formula is C9H13S. The molecule has 1 aliphatic rings. The fraction of sp³-hybridized carbons (Fsp3) is 0.444. The normalized spacial score (nSPS) is 21.9. The average Bonchev–Trinajstić information content (AvgIpc) is 2.12. The second kappa shape index (κ2) is 3.17. The molecule has 1 heteroatoms. The molecule has 0 aromatic heterocycles. The molecule has 0 bridgehead atoms. The van der Waals surface area contributed by atoms with Gasteiger partial charge < -0.3 is 0 Å². The zero-order valence-electron chi connectivity index (χ0n) is 6.72. The van der Waals surface area contributed by atoms with Gasteiger partial charge in [-0.15, -0.1) is 11.8 Å². The SMILES string of the molecule is CC(C)(C)S[C]1[CH][CH][CH][CH]1. The highest BCUT2D eigenvalue weighted by Crippen LogP contribution is 2.40. The summed E-state index contributed by atoms with van der Waals surface area (Å²) in [6.07, 6.45) is 8.45. The van der Waals surface area contributed by atoms with Crippen molar-refractivity contribution >= 4 is 11.8 Å². The molecule has 0 aliphatic heterocycles. The highest BCUT2D eigenvalue weighted by atomic mass is 32.2. The number of thioether (sulfide) groups is 1. The molecule has 0 nitrogen and oxygen atoms in total. The van der Waals surface area contributed by atoms with Crippen LogP contribution >= 0.6 is 11.8 Å². The van der Waals surface area contributed by atoms with Crippen molar-refractivity contribution in [3.8, 4) is 0 Å². The zero-order valence-corrected chi connectivity index (χ0v) is 7.53. The number of rotatable bonds is 1. The maximum Gasteiger partial charge on any atom is 0.0386 e. The molecule has 0 heterocycles. The predicted molar refractivity (Wildman–Crippen MR) is 47.8 cm³/mol. The maximum atomic E-state index is 2.23. The molecular weight excluding hydrogens is 140 g/mol. The molecule has 1 rings (SSSR count). The van der Waals surface area contributed by atoms with E-state index in [0.29, 0.717) is 4.75 Å². The van der Waals surface area contributed by atoms with Crippen LogP contribution in [-0.2, 0) is 0 Å². The van der Waals surface area contributed by atoms with E-state index in [1.54, 1.807) is 0 Å². The van der Waals surface area contributed by atoms with Gasteiger partial charge in [0.25, 0.3) is 0 Å². The lowest BCUT2D eigenvalue weighted by Gasteiger charge is -2.21. The van der Waals surface area contributed by atoms with Crippen molar-refractivity contribution in [1.29, 1.82) is 0 Å². The van der Waals surface area contributed by atoms with E-state index in [2.05, 4.69) is 46.5 Å². The first kappa shape index (κ1) is 8.45. The monoisotopic (exact) mass is 153 g/mol. The zero-order chi connectivity index (χ0) is 7.61. The smallest absolute Gasteiger partial charge is 0.0386 e. The molecule has 0 aromatic carbocycles. The van der Waals surface area contributed by atoms with Crippen molar-refractivity contribution in [3.05, 3.63) is 30.9 Å². The molecule has 0 atom stereocenters. The van der Waals surface area contributed by atoms with Crippen molar-refractivity contribution in [2.75, 3.05) is 0 Å². The molecule has 1 fully saturated rings. The Bertz CT molecular complexity index is 95.8. The summed E-state index contributed by atoms with van der Waals surface area (Å²) >= 11 is 1.91. The molecule has 0 spiro atoms. The van der Waals surface area contributed by atoms with E-state index in [1.165, 1.54) is 5.25 Å². The van der Waals surface area contributed by atoms with E-state index in [-0.39, 0.29) is 0 Å². The van der Waals surface area contributed by atoms with Gasteiger partial charge in [-0.2, -0.15) is 0 Å². The van der Waals surface area contributed by atoms with Crippen molar-refractivity contribution in [1.82, 2.24) is 0 Å². The molecule has 1 aliphatic carbocycles. The Morgan fingerprint density at radius 3 is 2.00 bits per heavy atom. The fourth-order valence-corrected chi connectivity index (χ4v) is 1.78. The van der Waals surface area contributed by atoms with Gasteiger partial charge in [-0.1, -0.05) is 20.8 Å². The van der Waals surface area contributed by atoms with Crippen molar-refractivity contribution < 1.29 is 0 Å². The Morgan fingerprint density at radius 1 is 1.10 bits per heavy atom. The molecule has 0 aromatic rings. The molecule has 0 N–H and O–H groups in total. The Balaban J connectivity index is 2.24. The van der Waals surface area contributed by atoms with E-state index in [1.807, 2.05) is 11.8 Å². The van der Waals surface area contributed by atoms with Gasteiger partial charge in [0.2, 0.25) is 0 Å². The van der Waals surface area contributed by atoms with Gasteiger partial charge in [0, 0.05) is 10.00 Å². The van der Waals surface area contributed by atoms with Gasteiger partial charge in [0.05, 0.1) is 0 Å². The van der Waals surface area contributed by atoms with E-state index in [0.717, 1.165) is 0 Å². The molecule has 1 saturated carbocycles. The standard InChI is InChI=1S/C9H13S/c1-9(2,3)10-8-6-4-5-7-8/h4-7H,1-3H3. The van der Waals surface area contributed by atoms with Crippen LogP contribution in [-0.4, -0.2) is 4.75 Å². The molecule has 0 amide bonds. The summed E-state index contributed by atoms with van der Waals surface area (Å²) < 4.78 is 0.342. The van der Waals surface area contributed by atoms with E-state index < -0.39 is 0 Å². The largest absolute Gasteiger partial charge is 0.147 e. The Labute approximate surface area is 68.8 Å². The predicted octanol–water partition coefficient (Wildman–Crippen LogP) is 2.88. The summed E-state index contributed by atoms with van der Waals surface area (Å²) in [5.41, 5.74) is 0. The summed E-state index contributed by atoms with van der Waals surface area (Å²) in [4.78, 5) is 0. The van der Waals surface area contributed by atoms with Crippen LogP contribution in [0.4, 0.5) is 0 Å². The average molecular weight is 153 g/mol. The van der Waals surface area contributed by atoms with Crippen LogP contribution in [0.25, 0.3) is 0 Å². The molecule has 0 unspecified atom stereocenters. The summed E-state index contributed by atoms with van der Waals surface area (Å²) in [7, 11) is 0. The molecule has 0 saturated heterocycles. The lowest BCUT2D eigenvalue weighted by Crippen LogP contribution is -2.09. The van der Waals surface area contributed by atoms with Crippen molar-refractivity contribution in [3.63, 3.8) is 0 Å². The van der Waals surface area contributed by atoms with Crippen molar-refractivity contribution in [2.24, 2.45) is 0 Å². The van der Waals surface area contributed by atoms with Crippen LogP contribution in [0.2, 0.25) is 0 Å². The number of hydrogen-bond donors (Lipinski definition) is 0. The van der Waals surface area contributed by atoms with Crippen molar-refractivity contribution in [2.45, 2.75) is 25.5 Å². The van der Waals surface area contributed by atoms with Gasteiger partial charge >= 0.3 is 0 Å². The quantitative estimate of drug-likeness (QED) is 0.558. The minimum atomic E-state index is 0.342. The number of hydrogen-bond acceptors (Lipinski definition) is 1. The van der Waals surface area contributed by atoms with Crippen LogP contribution in [0.15, 0.2) is 0 Å².